The molecule has 202 valence electrons. The van der Waals surface area contributed by atoms with E-state index in [4.69, 9.17) is 13.9 Å². The van der Waals surface area contributed by atoms with Gasteiger partial charge in [-0.15, -0.1) is 0 Å². The Bertz CT molecular complexity index is 1260. The lowest BCUT2D eigenvalue weighted by Crippen LogP contribution is -2.41. The van der Waals surface area contributed by atoms with Gasteiger partial charge in [0.15, 0.2) is 8.32 Å². The standard InChI is InChI=1S/C27H41N5O4Si/c1-17-24(18(2)36-30-17)19-9-10-23-22(15-19)28-25(32(23)20-11-13-31(6)16-20)21(29-26(33)34)12-14-35-37(7,8)27(3,4)5/h9-10,15,20-21,29H,11-14,16H2,1-8H3,(H,33,34)/t20-,21-/m0/s1. The summed E-state index contributed by atoms with van der Waals surface area (Å²) in [6.45, 7) is 17.3. The number of imidazole rings is 1. The number of hydrogen-bond donors (Lipinski definition) is 2. The Morgan fingerprint density at radius 3 is 2.62 bits per heavy atom. The number of carboxylic acid groups (broad SMARTS) is 1. The molecule has 0 bridgehead atoms. The number of aryl methyl sites for hydroxylation is 2. The van der Waals surface area contributed by atoms with Crippen LogP contribution >= 0.6 is 0 Å². The lowest BCUT2D eigenvalue weighted by Gasteiger charge is -2.36. The minimum Gasteiger partial charge on any atom is -0.465 e. The number of nitrogens with one attached hydrogen (secondary N) is 1. The Labute approximate surface area is 220 Å². The molecule has 1 aliphatic rings. The van der Waals surface area contributed by atoms with Gasteiger partial charge in [0.05, 0.1) is 22.8 Å². The van der Waals surface area contributed by atoms with Gasteiger partial charge in [0.25, 0.3) is 0 Å². The zero-order valence-corrected chi connectivity index (χ0v) is 24.4. The molecule has 10 heteroatoms. The number of nitrogens with zero attached hydrogens (tertiary/aromatic N) is 4. The van der Waals surface area contributed by atoms with Crippen LogP contribution in [0, 0.1) is 13.8 Å². The van der Waals surface area contributed by atoms with E-state index in [-0.39, 0.29) is 11.1 Å². The molecule has 0 unspecified atom stereocenters. The summed E-state index contributed by atoms with van der Waals surface area (Å²) in [7, 11) is 0.154. The van der Waals surface area contributed by atoms with Crippen LogP contribution in [0.15, 0.2) is 22.7 Å². The molecule has 2 atom stereocenters. The fraction of sp³-hybridized carbons (Fsp3) is 0.593. The zero-order valence-electron chi connectivity index (χ0n) is 23.4. The highest BCUT2D eigenvalue weighted by Gasteiger charge is 2.37. The van der Waals surface area contributed by atoms with Crippen molar-refractivity contribution in [3.05, 3.63) is 35.5 Å². The van der Waals surface area contributed by atoms with Crippen molar-refractivity contribution in [2.24, 2.45) is 0 Å². The van der Waals surface area contributed by atoms with Crippen LogP contribution in [0.25, 0.3) is 22.2 Å². The Hall–Kier alpha value is -2.69. The number of likely N-dealkylation sites (N-methyl/N-ethyl adjacent to an activating group) is 1. The summed E-state index contributed by atoms with van der Waals surface area (Å²) in [6.07, 6.45) is 0.443. The number of fused-ring (bicyclic) bond motifs is 1. The van der Waals surface area contributed by atoms with Gasteiger partial charge in [-0.3, -0.25) is 0 Å². The predicted molar refractivity (Wildman–Crippen MR) is 148 cm³/mol. The first-order chi connectivity index (χ1) is 17.3. The van der Waals surface area contributed by atoms with Crippen LogP contribution in [0.2, 0.25) is 18.1 Å². The van der Waals surface area contributed by atoms with Crippen LogP contribution in [-0.2, 0) is 4.43 Å². The smallest absolute Gasteiger partial charge is 0.405 e. The second-order valence-electron chi connectivity index (χ2n) is 11.8. The van der Waals surface area contributed by atoms with Gasteiger partial charge < -0.3 is 28.8 Å². The first kappa shape index (κ1) is 27.3. The molecule has 2 N–H and O–H groups in total. The number of rotatable bonds is 8. The Morgan fingerprint density at radius 2 is 2.05 bits per heavy atom. The van der Waals surface area contributed by atoms with E-state index in [1.807, 2.05) is 13.8 Å². The summed E-state index contributed by atoms with van der Waals surface area (Å²) in [5, 5.41) is 16.7. The maximum absolute atomic E-state index is 11.9. The summed E-state index contributed by atoms with van der Waals surface area (Å²) >= 11 is 0. The van der Waals surface area contributed by atoms with Crippen LogP contribution in [-0.4, -0.2) is 65.9 Å². The summed E-state index contributed by atoms with van der Waals surface area (Å²) in [5.41, 5.74) is 4.65. The fourth-order valence-corrected chi connectivity index (χ4v) is 6.04. The molecule has 0 radical (unpaired) electrons. The van der Waals surface area contributed by atoms with Crippen molar-refractivity contribution in [2.45, 2.75) is 77.7 Å². The van der Waals surface area contributed by atoms with Crippen molar-refractivity contribution < 1.29 is 18.9 Å². The number of carbonyl (C=O) groups is 1. The van der Waals surface area contributed by atoms with Gasteiger partial charge >= 0.3 is 6.09 Å². The van der Waals surface area contributed by atoms with Crippen molar-refractivity contribution in [3.63, 3.8) is 0 Å². The van der Waals surface area contributed by atoms with Gasteiger partial charge in [-0.2, -0.15) is 0 Å². The van der Waals surface area contributed by atoms with E-state index in [1.54, 1.807) is 0 Å². The average molecular weight is 528 g/mol. The topological polar surface area (TPSA) is 106 Å². The minimum absolute atomic E-state index is 0.0822. The van der Waals surface area contributed by atoms with Crippen molar-refractivity contribution in [1.82, 2.24) is 24.9 Å². The highest BCUT2D eigenvalue weighted by atomic mass is 28.4. The number of likely N-dealkylation sites (tertiary alicyclic amines) is 1. The van der Waals surface area contributed by atoms with E-state index in [1.165, 1.54) is 0 Å². The summed E-state index contributed by atoms with van der Waals surface area (Å²) < 4.78 is 14.1. The zero-order chi connectivity index (χ0) is 27.1. The third-order valence-corrected chi connectivity index (χ3v) is 12.6. The molecular formula is C27H41N5O4Si. The molecule has 1 aromatic carbocycles. The van der Waals surface area contributed by atoms with Gasteiger partial charge in [0.2, 0.25) is 0 Å². The molecule has 2 aromatic heterocycles. The molecule has 3 aromatic rings. The van der Waals surface area contributed by atoms with Crippen LogP contribution in [0.1, 0.15) is 63.0 Å². The minimum atomic E-state index is -1.97. The molecule has 1 saturated heterocycles. The average Bonchev–Trinajstić information content (AvgIpc) is 3.47. The first-order valence-corrected chi connectivity index (χ1v) is 16.0. The Morgan fingerprint density at radius 1 is 1.32 bits per heavy atom. The van der Waals surface area contributed by atoms with Gasteiger partial charge in [-0.25, -0.2) is 9.78 Å². The van der Waals surface area contributed by atoms with Gasteiger partial charge in [0.1, 0.15) is 11.6 Å². The summed E-state index contributed by atoms with van der Waals surface area (Å²) in [6, 6.07) is 5.97. The quantitative estimate of drug-likeness (QED) is 0.351. The second kappa shape index (κ2) is 10.2. The van der Waals surface area contributed by atoms with Crippen LogP contribution in [0.5, 0.6) is 0 Å². The monoisotopic (exact) mass is 527 g/mol. The number of benzene rings is 1. The molecule has 0 spiro atoms. The third kappa shape index (κ3) is 5.61. The van der Waals surface area contributed by atoms with Crippen LogP contribution < -0.4 is 5.32 Å². The SMILES string of the molecule is Cc1noc(C)c1-c1ccc2c(c1)nc([C@H](CCO[Si](C)(C)C(C)(C)C)NC(=O)O)n2[C@H]1CCN(C)C1. The Kier molecular flexibility index (Phi) is 7.56. The molecule has 37 heavy (non-hydrogen) atoms. The number of amides is 1. The molecule has 0 aliphatic carbocycles. The van der Waals surface area contributed by atoms with Crippen LogP contribution in [0.4, 0.5) is 4.79 Å². The summed E-state index contributed by atoms with van der Waals surface area (Å²) in [5.74, 6) is 1.51. The Balaban J connectivity index is 1.75. The summed E-state index contributed by atoms with van der Waals surface area (Å²) in [4.78, 5) is 19.2. The fourth-order valence-electron chi connectivity index (χ4n) is 4.98. The van der Waals surface area contributed by atoms with Crippen molar-refractivity contribution in [1.29, 1.82) is 0 Å². The second-order valence-corrected chi connectivity index (χ2v) is 16.7. The van der Waals surface area contributed by atoms with Gasteiger partial charge in [0, 0.05) is 24.8 Å². The van der Waals surface area contributed by atoms with Crippen molar-refractivity contribution >= 4 is 25.4 Å². The maximum Gasteiger partial charge on any atom is 0.405 e. The third-order valence-electron chi connectivity index (χ3n) is 8.06. The normalized spacial score (nSPS) is 18.0. The first-order valence-electron chi connectivity index (χ1n) is 13.1. The number of aromatic nitrogens is 3. The maximum atomic E-state index is 11.9. The molecule has 9 nitrogen and oxygen atoms in total. The molecule has 1 amide bonds. The van der Waals surface area contributed by atoms with Crippen molar-refractivity contribution in [3.8, 4) is 11.1 Å². The van der Waals surface area contributed by atoms with Gasteiger partial charge in [-0.05, 0) is 76.1 Å². The molecule has 3 heterocycles. The van der Waals surface area contributed by atoms with Crippen LogP contribution in [0.3, 0.4) is 0 Å². The van der Waals surface area contributed by atoms with E-state index in [0.29, 0.717) is 13.0 Å². The predicted octanol–water partition coefficient (Wildman–Crippen LogP) is 5.91. The molecule has 1 aliphatic heterocycles. The highest BCUT2D eigenvalue weighted by molar-refractivity contribution is 6.74. The molecule has 4 rings (SSSR count). The van der Waals surface area contributed by atoms with E-state index in [0.717, 1.165) is 58.9 Å². The lowest BCUT2D eigenvalue weighted by molar-refractivity contribution is 0.184. The van der Waals surface area contributed by atoms with Crippen molar-refractivity contribution in [2.75, 3.05) is 26.7 Å². The van der Waals surface area contributed by atoms with E-state index in [9.17, 15) is 9.90 Å². The largest absolute Gasteiger partial charge is 0.465 e. The van der Waals surface area contributed by atoms with E-state index >= 15 is 0 Å². The van der Waals surface area contributed by atoms with E-state index in [2.05, 4.69) is 79.1 Å². The van der Waals surface area contributed by atoms with E-state index < -0.39 is 20.5 Å². The number of hydrogen-bond acceptors (Lipinski definition) is 6. The molecule has 1 fully saturated rings. The molecular weight excluding hydrogens is 486 g/mol. The van der Waals surface area contributed by atoms with Gasteiger partial charge in [-0.1, -0.05) is 32.0 Å². The highest BCUT2D eigenvalue weighted by Crippen LogP contribution is 2.38. The molecule has 0 saturated carbocycles. The lowest BCUT2D eigenvalue weighted by atomic mass is 10.0.